The fraction of sp³-hybridized carbons (Fsp3) is 0.500. The van der Waals surface area contributed by atoms with Crippen molar-refractivity contribution in [3.05, 3.63) is 35.9 Å². The van der Waals surface area contributed by atoms with Crippen LogP contribution in [0.15, 0.2) is 30.3 Å². The van der Waals surface area contributed by atoms with E-state index in [0.717, 1.165) is 5.56 Å². The Labute approximate surface area is 114 Å². The zero-order valence-corrected chi connectivity index (χ0v) is 11.9. The van der Waals surface area contributed by atoms with Crippen LogP contribution in [0.3, 0.4) is 0 Å². The highest BCUT2D eigenvalue weighted by Gasteiger charge is 2.42. The molecular weight excluding hydrogens is 244 g/mol. The van der Waals surface area contributed by atoms with Gasteiger partial charge in [-0.1, -0.05) is 30.3 Å². The summed E-state index contributed by atoms with van der Waals surface area (Å²) in [4.78, 5) is 1.85. The maximum absolute atomic E-state index is 10.6. The van der Waals surface area contributed by atoms with Gasteiger partial charge < -0.3 is 15.3 Å². The molecule has 2 rings (SSSR count). The van der Waals surface area contributed by atoms with Crippen molar-refractivity contribution in [3.63, 3.8) is 0 Å². The molecule has 0 aliphatic carbocycles. The number of hydrogen-bond donors (Lipinski definition) is 2. The Morgan fingerprint density at radius 1 is 1.28 bits per heavy atom. The lowest BCUT2D eigenvalue weighted by atomic mass is 9.90. The average molecular weight is 264 g/mol. The monoisotopic (exact) mass is 264 g/mol. The van der Waals surface area contributed by atoms with Crippen LogP contribution in [0.2, 0.25) is 0 Å². The number of aliphatic hydroxyl groups is 1. The molecule has 0 aromatic heterocycles. The van der Waals surface area contributed by atoms with Gasteiger partial charge in [0.1, 0.15) is 5.72 Å². The van der Waals surface area contributed by atoms with E-state index in [1.54, 1.807) is 0 Å². The Hall–Kier alpha value is -1.13. The van der Waals surface area contributed by atoms with Crippen molar-refractivity contribution in [1.82, 2.24) is 10.2 Å². The summed E-state index contributed by atoms with van der Waals surface area (Å²) in [5, 5.41) is 14.5. The lowest BCUT2D eigenvalue weighted by Crippen LogP contribution is -2.65. The number of hydrogen-bond acceptors (Lipinski definition) is 2. The van der Waals surface area contributed by atoms with Gasteiger partial charge in [-0.3, -0.25) is 0 Å². The maximum atomic E-state index is 10.6. The first-order chi connectivity index (χ1) is 8.30. The molecular formula is C14H20N2OS. The fourth-order valence-electron chi connectivity index (χ4n) is 2.56. The first-order valence-corrected chi connectivity index (χ1v) is 6.57. The molecule has 1 heterocycles. The van der Waals surface area contributed by atoms with Crippen molar-refractivity contribution in [2.45, 2.75) is 45.0 Å². The van der Waals surface area contributed by atoms with Crippen LogP contribution in [-0.4, -0.2) is 26.4 Å². The summed E-state index contributed by atoms with van der Waals surface area (Å²) < 4.78 is 0. The molecule has 0 amide bonds. The highest BCUT2D eigenvalue weighted by Crippen LogP contribution is 2.30. The summed E-state index contributed by atoms with van der Waals surface area (Å²) in [7, 11) is 0. The molecule has 0 bridgehead atoms. The van der Waals surface area contributed by atoms with E-state index in [-0.39, 0.29) is 5.54 Å². The van der Waals surface area contributed by atoms with E-state index in [2.05, 4.69) is 5.32 Å². The highest BCUT2D eigenvalue weighted by atomic mass is 32.1. The van der Waals surface area contributed by atoms with E-state index >= 15 is 0 Å². The highest BCUT2D eigenvalue weighted by molar-refractivity contribution is 7.80. The summed E-state index contributed by atoms with van der Waals surface area (Å²) in [6.45, 7) is 6.54. The summed E-state index contributed by atoms with van der Waals surface area (Å²) in [5.41, 5.74) is 0.0525. The maximum Gasteiger partial charge on any atom is 0.171 e. The smallest absolute Gasteiger partial charge is 0.171 e. The number of rotatable bonds is 2. The van der Waals surface area contributed by atoms with Gasteiger partial charge in [-0.15, -0.1) is 0 Å². The van der Waals surface area contributed by atoms with Crippen LogP contribution in [0.1, 0.15) is 32.8 Å². The van der Waals surface area contributed by atoms with Crippen molar-refractivity contribution in [3.8, 4) is 0 Å². The van der Waals surface area contributed by atoms with E-state index in [1.807, 2.05) is 56.0 Å². The predicted octanol–water partition coefficient (Wildman–Crippen LogP) is 2.25. The summed E-state index contributed by atoms with van der Waals surface area (Å²) in [6.07, 6.45) is 0.632. The number of nitrogens with zero attached hydrogens (tertiary/aromatic N) is 1. The van der Waals surface area contributed by atoms with Gasteiger partial charge in [-0.25, -0.2) is 0 Å². The Balaban J connectivity index is 2.20. The fourth-order valence-corrected chi connectivity index (χ4v) is 3.10. The molecule has 0 saturated carbocycles. The van der Waals surface area contributed by atoms with E-state index < -0.39 is 5.72 Å². The van der Waals surface area contributed by atoms with Gasteiger partial charge in [-0.2, -0.15) is 0 Å². The third-order valence-electron chi connectivity index (χ3n) is 3.23. The third kappa shape index (κ3) is 2.82. The second kappa shape index (κ2) is 4.52. The first-order valence-electron chi connectivity index (χ1n) is 6.16. The quantitative estimate of drug-likeness (QED) is 0.803. The summed E-state index contributed by atoms with van der Waals surface area (Å²) in [6, 6.07) is 10.1. The van der Waals surface area contributed by atoms with Crippen molar-refractivity contribution >= 4 is 17.3 Å². The molecule has 4 heteroatoms. The standard InChI is InChI=1S/C14H20N2OS/c1-13(2)10-14(3,17)16(12(18)15-13)9-11-7-5-4-6-8-11/h4-8,17H,9-10H2,1-3H3,(H,15,18)/t14-/m1/s1. The number of nitrogens with one attached hydrogen (secondary N) is 1. The molecule has 18 heavy (non-hydrogen) atoms. The topological polar surface area (TPSA) is 35.5 Å². The molecule has 3 nitrogen and oxygen atoms in total. The average Bonchev–Trinajstić information content (AvgIpc) is 2.23. The minimum Gasteiger partial charge on any atom is -0.371 e. The van der Waals surface area contributed by atoms with Crippen molar-refractivity contribution in [2.24, 2.45) is 0 Å². The van der Waals surface area contributed by atoms with Crippen molar-refractivity contribution in [1.29, 1.82) is 0 Å². The minimum atomic E-state index is -0.915. The summed E-state index contributed by atoms with van der Waals surface area (Å²) in [5.74, 6) is 0. The van der Waals surface area contributed by atoms with Gasteiger partial charge in [0.05, 0.1) is 0 Å². The van der Waals surface area contributed by atoms with Gasteiger partial charge in [0.15, 0.2) is 5.11 Å². The minimum absolute atomic E-state index is 0.173. The zero-order valence-electron chi connectivity index (χ0n) is 11.1. The molecule has 1 aliphatic rings. The molecule has 1 saturated heterocycles. The number of thiocarbonyl (C=S) groups is 1. The molecule has 0 spiro atoms. The lowest BCUT2D eigenvalue weighted by Gasteiger charge is -2.49. The normalized spacial score (nSPS) is 26.9. The second-order valence-corrected chi connectivity index (χ2v) is 6.17. The van der Waals surface area contributed by atoms with Crippen molar-refractivity contribution < 1.29 is 5.11 Å². The second-order valence-electron chi connectivity index (χ2n) is 5.78. The molecule has 1 aliphatic heterocycles. The molecule has 1 atom stereocenters. The van der Waals surface area contributed by atoms with Crippen molar-refractivity contribution in [2.75, 3.05) is 0 Å². The van der Waals surface area contributed by atoms with Crippen LogP contribution in [0, 0.1) is 0 Å². The van der Waals surface area contributed by atoms with Crippen LogP contribution in [0.4, 0.5) is 0 Å². The third-order valence-corrected chi connectivity index (χ3v) is 3.55. The van der Waals surface area contributed by atoms with E-state index in [9.17, 15) is 5.11 Å². The Morgan fingerprint density at radius 2 is 1.89 bits per heavy atom. The Kier molecular flexibility index (Phi) is 3.34. The first kappa shape index (κ1) is 13.3. The van der Waals surface area contributed by atoms with Crippen LogP contribution in [-0.2, 0) is 6.54 Å². The molecule has 2 N–H and O–H groups in total. The molecule has 98 valence electrons. The van der Waals surface area contributed by atoms with E-state index in [4.69, 9.17) is 12.2 Å². The largest absolute Gasteiger partial charge is 0.371 e. The molecule has 1 aromatic carbocycles. The van der Waals surface area contributed by atoms with Crippen LogP contribution in [0.5, 0.6) is 0 Å². The van der Waals surface area contributed by atoms with Gasteiger partial charge >= 0.3 is 0 Å². The SMILES string of the molecule is CC1(C)C[C@@](C)(O)N(Cc2ccccc2)C(=S)N1. The van der Waals surface area contributed by atoms with Gasteiger partial charge in [0, 0.05) is 18.5 Å². The Bertz CT molecular complexity index is 442. The molecule has 1 fully saturated rings. The predicted molar refractivity (Wildman–Crippen MR) is 77.0 cm³/mol. The zero-order chi connectivity index (χ0) is 13.4. The lowest BCUT2D eigenvalue weighted by molar-refractivity contribution is -0.0921. The van der Waals surface area contributed by atoms with Crippen LogP contribution in [0.25, 0.3) is 0 Å². The van der Waals surface area contributed by atoms with Crippen LogP contribution >= 0.6 is 12.2 Å². The van der Waals surface area contributed by atoms with E-state index in [0.29, 0.717) is 18.1 Å². The van der Waals surface area contributed by atoms with Gasteiger partial charge in [-0.05, 0) is 38.6 Å². The molecule has 1 aromatic rings. The summed E-state index contributed by atoms with van der Waals surface area (Å²) >= 11 is 5.38. The number of benzene rings is 1. The Morgan fingerprint density at radius 3 is 2.44 bits per heavy atom. The molecule has 0 unspecified atom stereocenters. The van der Waals surface area contributed by atoms with Crippen LogP contribution < -0.4 is 5.32 Å². The van der Waals surface area contributed by atoms with E-state index in [1.165, 1.54) is 0 Å². The molecule has 0 radical (unpaired) electrons. The van der Waals surface area contributed by atoms with Gasteiger partial charge in [0.25, 0.3) is 0 Å². The van der Waals surface area contributed by atoms with Gasteiger partial charge in [0.2, 0.25) is 0 Å².